The van der Waals surface area contributed by atoms with E-state index < -0.39 is 11.9 Å². The fraction of sp³-hybridized carbons (Fsp3) is 0.727. The van der Waals surface area contributed by atoms with Crippen LogP contribution in [0.3, 0.4) is 0 Å². The van der Waals surface area contributed by atoms with Crippen molar-refractivity contribution < 1.29 is 19.0 Å². The Kier molecular flexibility index (Phi) is 1.99. The van der Waals surface area contributed by atoms with Gasteiger partial charge in [0.15, 0.2) is 6.29 Å². The van der Waals surface area contributed by atoms with Crippen molar-refractivity contribution in [1.82, 2.24) is 0 Å². The van der Waals surface area contributed by atoms with Gasteiger partial charge in [0.05, 0.1) is 25.2 Å². The van der Waals surface area contributed by atoms with Gasteiger partial charge in [-0.1, -0.05) is 6.08 Å². The van der Waals surface area contributed by atoms with Gasteiger partial charge in [-0.15, -0.1) is 0 Å². The number of ketones is 1. The summed E-state index contributed by atoms with van der Waals surface area (Å²) in [6.07, 6.45) is 4.37. The minimum absolute atomic E-state index is 0.0618. The Bertz CT molecular complexity index is 319. The first kappa shape index (κ1) is 9.51. The van der Waals surface area contributed by atoms with E-state index in [0.29, 0.717) is 13.2 Å². The van der Waals surface area contributed by atoms with Gasteiger partial charge in [0, 0.05) is 0 Å². The van der Waals surface area contributed by atoms with Crippen molar-refractivity contribution in [3.05, 3.63) is 12.2 Å². The first-order valence-electron chi connectivity index (χ1n) is 5.33. The quantitative estimate of drug-likeness (QED) is 0.628. The Morgan fingerprint density at radius 3 is 2.73 bits per heavy atom. The predicted octanol–water partition coefficient (Wildman–Crippen LogP) is 0.662. The van der Waals surface area contributed by atoms with Crippen molar-refractivity contribution in [2.24, 2.45) is 5.92 Å². The summed E-state index contributed by atoms with van der Waals surface area (Å²) in [7, 11) is 0. The van der Waals surface area contributed by atoms with Crippen LogP contribution in [0.15, 0.2) is 12.2 Å². The van der Waals surface area contributed by atoms with Crippen LogP contribution >= 0.6 is 0 Å². The second kappa shape index (κ2) is 3.14. The number of carbonyl (C=O) groups is 1. The number of hydrogen-bond donors (Lipinski definition) is 0. The van der Waals surface area contributed by atoms with Crippen LogP contribution in [0.5, 0.6) is 0 Å². The molecule has 4 heteroatoms. The molecule has 2 saturated heterocycles. The van der Waals surface area contributed by atoms with Gasteiger partial charge < -0.3 is 14.2 Å². The molecular formula is C11H14O4. The number of rotatable bonds is 2. The van der Waals surface area contributed by atoms with E-state index in [1.54, 1.807) is 6.92 Å². The van der Waals surface area contributed by atoms with Crippen LogP contribution in [-0.4, -0.2) is 37.0 Å². The monoisotopic (exact) mass is 210 g/mol. The lowest BCUT2D eigenvalue weighted by Gasteiger charge is -2.32. The Labute approximate surface area is 88.2 Å². The van der Waals surface area contributed by atoms with E-state index >= 15 is 0 Å². The molecule has 2 bridgehead atoms. The molecule has 3 heterocycles. The van der Waals surface area contributed by atoms with E-state index in [0.717, 1.165) is 6.42 Å². The average Bonchev–Trinajstić information content (AvgIpc) is 2.92. The molecule has 1 unspecified atom stereocenters. The zero-order chi connectivity index (χ0) is 10.5. The number of fused-ring (bicyclic) bond motifs is 2. The topological polar surface area (TPSA) is 44.8 Å². The summed E-state index contributed by atoms with van der Waals surface area (Å²) < 4.78 is 16.8. The third-order valence-corrected chi connectivity index (χ3v) is 3.42. The van der Waals surface area contributed by atoms with Gasteiger partial charge in [-0.3, -0.25) is 4.79 Å². The first-order chi connectivity index (χ1) is 7.22. The van der Waals surface area contributed by atoms with Gasteiger partial charge in [0.1, 0.15) is 11.4 Å². The summed E-state index contributed by atoms with van der Waals surface area (Å²) in [5.74, 6) is 0.0385. The number of carbonyl (C=O) groups excluding carboxylic acids is 1. The molecule has 2 fully saturated rings. The Balaban J connectivity index is 1.93. The maximum absolute atomic E-state index is 11.6. The van der Waals surface area contributed by atoms with Gasteiger partial charge in [-0.25, -0.2) is 0 Å². The SMILES string of the molecule is CC(=O)[C@H]1CC2C=C[C@]1(C1OCCO1)O2. The molecule has 0 aromatic carbocycles. The van der Waals surface area contributed by atoms with E-state index in [1.165, 1.54) is 0 Å². The van der Waals surface area contributed by atoms with Crippen molar-refractivity contribution in [1.29, 1.82) is 0 Å². The standard InChI is InChI=1S/C11H14O4/c1-7(12)9-6-8-2-3-11(9,15-8)10-13-4-5-14-10/h2-3,8-10H,4-6H2,1H3/t8?,9-,11+/m1/s1. The molecule has 3 atom stereocenters. The highest BCUT2D eigenvalue weighted by Crippen LogP contribution is 2.47. The lowest BCUT2D eigenvalue weighted by atomic mass is 9.80. The van der Waals surface area contributed by atoms with Crippen LogP contribution in [0.1, 0.15) is 13.3 Å². The summed E-state index contributed by atoms with van der Waals surface area (Å²) in [5.41, 5.74) is -0.646. The number of hydrogen-bond acceptors (Lipinski definition) is 4. The molecule has 3 rings (SSSR count). The van der Waals surface area contributed by atoms with Gasteiger partial charge >= 0.3 is 0 Å². The fourth-order valence-electron chi connectivity index (χ4n) is 2.74. The van der Waals surface area contributed by atoms with Crippen molar-refractivity contribution in [3.8, 4) is 0 Å². The van der Waals surface area contributed by atoms with Crippen LogP contribution in [0, 0.1) is 5.92 Å². The average molecular weight is 210 g/mol. The largest absolute Gasteiger partial charge is 0.357 e. The molecule has 0 aromatic rings. The van der Waals surface area contributed by atoms with Crippen molar-refractivity contribution >= 4 is 5.78 Å². The van der Waals surface area contributed by atoms with Crippen LogP contribution in [0.2, 0.25) is 0 Å². The Morgan fingerprint density at radius 1 is 1.40 bits per heavy atom. The van der Waals surface area contributed by atoms with Crippen LogP contribution in [0.25, 0.3) is 0 Å². The van der Waals surface area contributed by atoms with Crippen LogP contribution in [-0.2, 0) is 19.0 Å². The number of ether oxygens (including phenoxy) is 3. The highest BCUT2D eigenvalue weighted by Gasteiger charge is 2.58. The maximum atomic E-state index is 11.6. The maximum Gasteiger partial charge on any atom is 0.191 e. The molecule has 0 saturated carbocycles. The molecule has 82 valence electrons. The summed E-state index contributed by atoms with van der Waals surface area (Å²) >= 11 is 0. The third kappa shape index (κ3) is 1.22. The molecule has 0 aromatic heterocycles. The minimum atomic E-state index is -0.646. The van der Waals surface area contributed by atoms with E-state index in [4.69, 9.17) is 14.2 Å². The van der Waals surface area contributed by atoms with E-state index in [2.05, 4.69) is 0 Å². The third-order valence-electron chi connectivity index (χ3n) is 3.42. The minimum Gasteiger partial charge on any atom is -0.357 e. The van der Waals surface area contributed by atoms with E-state index in [-0.39, 0.29) is 17.8 Å². The zero-order valence-corrected chi connectivity index (χ0v) is 8.64. The molecule has 0 N–H and O–H groups in total. The van der Waals surface area contributed by atoms with Crippen LogP contribution < -0.4 is 0 Å². The summed E-state index contributed by atoms with van der Waals surface area (Å²) in [6, 6.07) is 0. The molecular weight excluding hydrogens is 196 g/mol. The zero-order valence-electron chi connectivity index (χ0n) is 8.64. The van der Waals surface area contributed by atoms with Crippen molar-refractivity contribution in [2.75, 3.05) is 13.2 Å². The van der Waals surface area contributed by atoms with Crippen molar-refractivity contribution in [3.63, 3.8) is 0 Å². The van der Waals surface area contributed by atoms with Gasteiger partial charge in [0.25, 0.3) is 0 Å². The van der Waals surface area contributed by atoms with Gasteiger partial charge in [-0.05, 0) is 19.4 Å². The van der Waals surface area contributed by atoms with Gasteiger partial charge in [-0.2, -0.15) is 0 Å². The molecule has 3 aliphatic heterocycles. The summed E-state index contributed by atoms with van der Waals surface area (Å²) in [5, 5.41) is 0. The molecule has 3 aliphatic rings. The second-order valence-corrected chi connectivity index (χ2v) is 4.34. The van der Waals surface area contributed by atoms with Crippen molar-refractivity contribution in [2.45, 2.75) is 31.3 Å². The van der Waals surface area contributed by atoms with E-state index in [9.17, 15) is 4.79 Å². The smallest absolute Gasteiger partial charge is 0.191 e. The lowest BCUT2D eigenvalue weighted by Crippen LogP contribution is -2.47. The summed E-state index contributed by atoms with van der Waals surface area (Å²) in [4.78, 5) is 11.6. The lowest BCUT2D eigenvalue weighted by molar-refractivity contribution is -0.179. The first-order valence-corrected chi connectivity index (χ1v) is 5.33. The van der Waals surface area contributed by atoms with Crippen LogP contribution in [0.4, 0.5) is 0 Å². The predicted molar refractivity (Wildman–Crippen MR) is 51.2 cm³/mol. The van der Waals surface area contributed by atoms with E-state index in [1.807, 2.05) is 12.2 Å². The Morgan fingerprint density at radius 2 is 2.13 bits per heavy atom. The molecule has 0 radical (unpaired) electrons. The normalized spacial score (nSPS) is 44.1. The fourth-order valence-corrected chi connectivity index (χ4v) is 2.74. The highest BCUT2D eigenvalue weighted by molar-refractivity contribution is 5.81. The second-order valence-electron chi connectivity index (χ2n) is 4.34. The Hall–Kier alpha value is -0.710. The molecule has 4 nitrogen and oxygen atoms in total. The molecule has 0 spiro atoms. The highest BCUT2D eigenvalue weighted by atomic mass is 16.7. The number of Topliss-reactive ketones (excluding diaryl/α,β-unsaturated/α-hetero) is 1. The van der Waals surface area contributed by atoms with Gasteiger partial charge in [0.2, 0.25) is 0 Å². The molecule has 15 heavy (non-hydrogen) atoms. The summed E-state index contributed by atoms with van der Waals surface area (Å²) in [6.45, 7) is 2.77. The molecule has 0 aliphatic carbocycles. The molecule has 0 amide bonds.